The van der Waals surface area contributed by atoms with Crippen molar-refractivity contribution in [1.29, 1.82) is 0 Å². The van der Waals surface area contributed by atoms with Gasteiger partial charge >= 0.3 is 0 Å². The molecule has 2 aliphatic rings. The molecular weight excluding hydrogens is 344 g/mol. The van der Waals surface area contributed by atoms with Crippen molar-refractivity contribution >= 4 is 24.0 Å². The molecule has 0 bridgehead atoms. The molecular formula is C17H25ClN4O3. The van der Waals surface area contributed by atoms with Gasteiger partial charge in [-0.2, -0.15) is 0 Å². The Bertz CT molecular complexity index is 582. The highest BCUT2D eigenvalue weighted by Gasteiger charge is 2.24. The minimum Gasteiger partial charge on any atom is -0.336 e. The van der Waals surface area contributed by atoms with Crippen LogP contribution in [0.1, 0.15) is 23.2 Å². The van der Waals surface area contributed by atoms with Crippen LogP contribution >= 0.6 is 12.4 Å². The molecule has 2 aliphatic heterocycles. The number of hydrogen-bond donors (Lipinski definition) is 1. The summed E-state index contributed by atoms with van der Waals surface area (Å²) in [6.07, 6.45) is 2.48. The summed E-state index contributed by atoms with van der Waals surface area (Å²) in [6, 6.07) is 5.87. The molecule has 0 aliphatic carbocycles. The van der Waals surface area contributed by atoms with Crippen molar-refractivity contribution in [1.82, 2.24) is 15.1 Å². The monoisotopic (exact) mass is 368 g/mol. The van der Waals surface area contributed by atoms with Gasteiger partial charge in [0.1, 0.15) is 0 Å². The summed E-state index contributed by atoms with van der Waals surface area (Å²) in [4.78, 5) is 27.0. The van der Waals surface area contributed by atoms with Crippen LogP contribution in [0.25, 0.3) is 0 Å². The van der Waals surface area contributed by atoms with Crippen LogP contribution < -0.4 is 5.32 Å². The van der Waals surface area contributed by atoms with E-state index in [-0.39, 0.29) is 24.0 Å². The van der Waals surface area contributed by atoms with E-state index < -0.39 is 4.92 Å². The first-order valence-electron chi connectivity index (χ1n) is 8.60. The van der Waals surface area contributed by atoms with Gasteiger partial charge in [0.15, 0.2) is 0 Å². The van der Waals surface area contributed by atoms with Crippen molar-refractivity contribution in [3.8, 4) is 0 Å². The van der Waals surface area contributed by atoms with Crippen molar-refractivity contribution in [2.75, 3.05) is 45.8 Å². The number of carbonyl (C=O) groups is 1. The highest BCUT2D eigenvalue weighted by molar-refractivity contribution is 5.94. The number of amides is 1. The second-order valence-corrected chi connectivity index (χ2v) is 6.59. The zero-order valence-electron chi connectivity index (χ0n) is 14.2. The first-order valence-corrected chi connectivity index (χ1v) is 8.60. The zero-order valence-corrected chi connectivity index (χ0v) is 15.0. The quantitative estimate of drug-likeness (QED) is 0.647. The molecule has 1 N–H and O–H groups in total. The second kappa shape index (κ2) is 9.12. The lowest BCUT2D eigenvalue weighted by molar-refractivity contribution is -0.384. The first-order chi connectivity index (χ1) is 11.6. The van der Waals surface area contributed by atoms with Crippen molar-refractivity contribution in [2.45, 2.75) is 12.8 Å². The average molecular weight is 369 g/mol. The van der Waals surface area contributed by atoms with E-state index in [1.807, 2.05) is 4.90 Å². The molecule has 2 heterocycles. The molecule has 0 spiro atoms. The molecule has 25 heavy (non-hydrogen) atoms. The van der Waals surface area contributed by atoms with Crippen LogP contribution in [0.2, 0.25) is 0 Å². The van der Waals surface area contributed by atoms with Gasteiger partial charge < -0.3 is 10.2 Å². The number of nitrogens with one attached hydrogen (secondary N) is 1. The third-order valence-corrected chi connectivity index (χ3v) is 4.96. The Morgan fingerprint density at radius 1 is 1.12 bits per heavy atom. The Balaban J connectivity index is 0.00000225. The zero-order chi connectivity index (χ0) is 16.9. The van der Waals surface area contributed by atoms with Gasteiger partial charge in [-0.25, -0.2) is 0 Å². The van der Waals surface area contributed by atoms with Gasteiger partial charge in [-0.3, -0.25) is 19.8 Å². The predicted octanol–water partition coefficient (Wildman–Crippen LogP) is 1.77. The second-order valence-electron chi connectivity index (χ2n) is 6.59. The lowest BCUT2D eigenvalue weighted by Crippen LogP contribution is -2.50. The maximum absolute atomic E-state index is 12.5. The number of halogens is 1. The molecule has 0 atom stereocenters. The van der Waals surface area contributed by atoms with Gasteiger partial charge in [-0.15, -0.1) is 12.4 Å². The summed E-state index contributed by atoms with van der Waals surface area (Å²) in [5.74, 6) is 0.731. The van der Waals surface area contributed by atoms with Crippen molar-refractivity contribution in [3.05, 3.63) is 39.9 Å². The van der Waals surface area contributed by atoms with E-state index in [9.17, 15) is 14.9 Å². The molecule has 3 rings (SSSR count). The number of nitrogens with zero attached hydrogens (tertiary/aromatic N) is 3. The lowest BCUT2D eigenvalue weighted by Gasteiger charge is -2.37. The third kappa shape index (κ3) is 5.14. The molecule has 1 aromatic carbocycles. The summed E-state index contributed by atoms with van der Waals surface area (Å²) in [7, 11) is 0. The topological polar surface area (TPSA) is 78.7 Å². The summed E-state index contributed by atoms with van der Waals surface area (Å²) >= 11 is 0. The van der Waals surface area contributed by atoms with E-state index in [1.165, 1.54) is 25.0 Å². The lowest BCUT2D eigenvalue weighted by atomic mass is 9.97. The number of nitro benzene ring substituents is 1. The molecule has 138 valence electrons. The number of carbonyl (C=O) groups excluding carboxylic acids is 1. The number of non-ortho nitro benzene ring substituents is 1. The normalized spacial score (nSPS) is 19.3. The summed E-state index contributed by atoms with van der Waals surface area (Å²) in [5, 5.41) is 14.1. The SMILES string of the molecule is Cl.O=C(c1ccc([N+](=O)[O-])cc1)N1CCN(CC2CCNCC2)CC1. The minimum absolute atomic E-state index is 0. The molecule has 0 aromatic heterocycles. The smallest absolute Gasteiger partial charge is 0.269 e. The van der Waals surface area contributed by atoms with Gasteiger partial charge in [0.2, 0.25) is 0 Å². The predicted molar refractivity (Wildman–Crippen MR) is 98.3 cm³/mol. The number of hydrogen-bond acceptors (Lipinski definition) is 5. The number of nitro groups is 1. The Morgan fingerprint density at radius 3 is 2.28 bits per heavy atom. The fraction of sp³-hybridized carbons (Fsp3) is 0.588. The van der Waals surface area contributed by atoms with Crippen molar-refractivity contribution in [2.24, 2.45) is 5.92 Å². The molecule has 0 unspecified atom stereocenters. The van der Waals surface area contributed by atoms with Crippen LogP contribution in [-0.4, -0.2) is 66.4 Å². The largest absolute Gasteiger partial charge is 0.336 e. The molecule has 7 nitrogen and oxygen atoms in total. The van der Waals surface area contributed by atoms with Crippen LogP contribution in [-0.2, 0) is 0 Å². The summed E-state index contributed by atoms with van der Waals surface area (Å²) < 4.78 is 0. The molecule has 8 heteroatoms. The van der Waals surface area contributed by atoms with E-state index in [1.54, 1.807) is 12.1 Å². The van der Waals surface area contributed by atoms with Gasteiger partial charge in [0.05, 0.1) is 4.92 Å². The number of rotatable bonds is 4. The molecule has 0 saturated carbocycles. The van der Waals surface area contributed by atoms with Gasteiger partial charge in [0.25, 0.3) is 11.6 Å². The average Bonchev–Trinajstić information content (AvgIpc) is 2.63. The Labute approximate surface area is 153 Å². The van der Waals surface area contributed by atoms with E-state index in [0.29, 0.717) is 5.56 Å². The van der Waals surface area contributed by atoms with Gasteiger partial charge in [-0.05, 0) is 44.0 Å². The van der Waals surface area contributed by atoms with Crippen molar-refractivity contribution < 1.29 is 9.72 Å². The maximum Gasteiger partial charge on any atom is 0.269 e. The first kappa shape index (κ1) is 19.6. The van der Waals surface area contributed by atoms with Gasteiger partial charge in [0, 0.05) is 50.4 Å². The molecule has 2 fully saturated rings. The van der Waals surface area contributed by atoms with Crippen molar-refractivity contribution in [3.63, 3.8) is 0 Å². The third-order valence-electron chi connectivity index (χ3n) is 4.96. The molecule has 2 saturated heterocycles. The highest BCUT2D eigenvalue weighted by atomic mass is 35.5. The fourth-order valence-corrected chi connectivity index (χ4v) is 3.47. The van der Waals surface area contributed by atoms with Crippen LogP contribution in [0.5, 0.6) is 0 Å². The van der Waals surface area contributed by atoms with E-state index in [0.717, 1.165) is 51.7 Å². The van der Waals surface area contributed by atoms with Crippen LogP contribution in [0, 0.1) is 16.0 Å². The van der Waals surface area contributed by atoms with E-state index in [2.05, 4.69) is 10.2 Å². The summed E-state index contributed by atoms with van der Waals surface area (Å²) in [5.41, 5.74) is 0.533. The minimum atomic E-state index is -0.451. The molecule has 1 amide bonds. The highest BCUT2D eigenvalue weighted by Crippen LogP contribution is 2.17. The standard InChI is InChI=1S/C17H24N4O3.ClH/c22-17(15-1-3-16(4-2-15)21(23)24)20-11-9-19(10-12-20)13-14-5-7-18-8-6-14;/h1-4,14,18H,5-13H2;1H. The van der Waals surface area contributed by atoms with E-state index in [4.69, 9.17) is 0 Å². The Kier molecular flexibility index (Phi) is 7.16. The number of piperazine rings is 1. The molecule has 0 radical (unpaired) electrons. The van der Waals surface area contributed by atoms with E-state index >= 15 is 0 Å². The van der Waals surface area contributed by atoms with Crippen LogP contribution in [0.4, 0.5) is 5.69 Å². The Hall–Kier alpha value is -1.70. The number of piperidine rings is 1. The fourth-order valence-electron chi connectivity index (χ4n) is 3.47. The maximum atomic E-state index is 12.5. The summed E-state index contributed by atoms with van der Waals surface area (Å²) in [6.45, 7) is 6.61. The molecule has 1 aromatic rings. The Morgan fingerprint density at radius 2 is 1.72 bits per heavy atom. The number of benzene rings is 1. The van der Waals surface area contributed by atoms with Gasteiger partial charge in [-0.1, -0.05) is 0 Å². The van der Waals surface area contributed by atoms with Crippen LogP contribution in [0.15, 0.2) is 24.3 Å². The van der Waals surface area contributed by atoms with Crippen LogP contribution in [0.3, 0.4) is 0 Å².